The highest BCUT2D eigenvalue weighted by molar-refractivity contribution is 5.89. The third kappa shape index (κ3) is 6.93. The minimum atomic E-state index is -1.05. The first-order chi connectivity index (χ1) is 18.2. The summed E-state index contributed by atoms with van der Waals surface area (Å²) < 4.78 is 5.21. The van der Waals surface area contributed by atoms with Gasteiger partial charge in [-0.1, -0.05) is 60.7 Å². The highest BCUT2D eigenvalue weighted by atomic mass is 16.6. The summed E-state index contributed by atoms with van der Waals surface area (Å²) in [4.78, 5) is 29.3. The second-order valence-electron chi connectivity index (χ2n) is 9.83. The Morgan fingerprint density at radius 2 is 1.79 bits per heavy atom. The van der Waals surface area contributed by atoms with Crippen molar-refractivity contribution in [3.8, 4) is 11.3 Å². The van der Waals surface area contributed by atoms with Crippen LogP contribution < -0.4 is 16.2 Å². The number of carbonyl (C=O) groups is 2. The highest BCUT2D eigenvalue weighted by Crippen LogP contribution is 2.22. The van der Waals surface area contributed by atoms with Gasteiger partial charge in [-0.3, -0.25) is 15.2 Å². The van der Waals surface area contributed by atoms with Crippen molar-refractivity contribution < 1.29 is 24.6 Å². The Labute approximate surface area is 221 Å². The second-order valence-corrected chi connectivity index (χ2v) is 9.83. The van der Waals surface area contributed by atoms with Gasteiger partial charge in [0.15, 0.2) is 6.04 Å². The van der Waals surface area contributed by atoms with E-state index in [1.165, 1.54) is 0 Å². The van der Waals surface area contributed by atoms with Gasteiger partial charge in [0.05, 0.1) is 17.8 Å². The number of carbonyl (C=O) groups excluding carboxylic acids is 2. The van der Waals surface area contributed by atoms with E-state index in [-0.39, 0.29) is 13.1 Å². The van der Waals surface area contributed by atoms with Crippen molar-refractivity contribution >= 4 is 12.0 Å². The predicted molar refractivity (Wildman–Crippen MR) is 141 cm³/mol. The number of hydroxylamine groups is 1. The lowest BCUT2D eigenvalue weighted by Gasteiger charge is -2.31. The van der Waals surface area contributed by atoms with Crippen LogP contribution in [0.3, 0.4) is 0 Å². The number of pyridine rings is 1. The molecule has 38 heavy (non-hydrogen) atoms. The number of alkyl carbamates (subject to hydrolysis) is 1. The minimum absolute atomic E-state index is 0.000739. The molecular weight excluding hydrogens is 486 g/mol. The van der Waals surface area contributed by atoms with Crippen molar-refractivity contribution in [2.45, 2.75) is 50.6 Å². The molecule has 5 N–H and O–H groups in total. The number of amides is 2. The minimum Gasteiger partial charge on any atom is -0.441 e. The number of rotatable bonds is 11. The molecule has 3 aromatic rings. The maximum absolute atomic E-state index is 13.2. The van der Waals surface area contributed by atoms with Crippen LogP contribution in [0.2, 0.25) is 0 Å². The van der Waals surface area contributed by atoms with Gasteiger partial charge in [-0.05, 0) is 43.5 Å². The van der Waals surface area contributed by atoms with Crippen molar-refractivity contribution in [2.75, 3.05) is 6.54 Å². The number of benzene rings is 2. The average molecular weight is 520 g/mol. The number of aliphatic hydroxyl groups is 1. The number of nitrogens with zero attached hydrogens (tertiary/aromatic N) is 2. The summed E-state index contributed by atoms with van der Waals surface area (Å²) >= 11 is 0. The Morgan fingerprint density at radius 3 is 2.39 bits per heavy atom. The molecule has 1 saturated heterocycles. The van der Waals surface area contributed by atoms with Gasteiger partial charge in [0.25, 0.3) is 5.91 Å². The maximum Gasteiger partial charge on any atom is 0.408 e. The number of nitrogens with one attached hydrogen (secondary N) is 3. The zero-order chi connectivity index (χ0) is 27.1. The van der Waals surface area contributed by atoms with Gasteiger partial charge in [-0.15, -0.1) is 0 Å². The van der Waals surface area contributed by atoms with Gasteiger partial charge in [0.2, 0.25) is 0 Å². The van der Waals surface area contributed by atoms with Crippen LogP contribution in [0, 0.1) is 0 Å². The fourth-order valence-corrected chi connectivity index (χ4v) is 4.39. The van der Waals surface area contributed by atoms with Gasteiger partial charge < -0.3 is 20.4 Å². The summed E-state index contributed by atoms with van der Waals surface area (Å²) in [6.07, 6.45) is 0.393. The SMILES string of the molecule is CC1(C)OC(=O)NC1C(=O)NN(Cc1ccc(-c2ccccn2)cc1)CC(O)C(Cc1ccccc1)NO. The fraction of sp³-hybridized carbons (Fsp3) is 0.321. The van der Waals surface area contributed by atoms with E-state index in [4.69, 9.17) is 4.74 Å². The monoisotopic (exact) mass is 519 g/mol. The molecule has 200 valence electrons. The zero-order valence-corrected chi connectivity index (χ0v) is 21.4. The summed E-state index contributed by atoms with van der Waals surface area (Å²) in [6, 6.07) is 21.3. The Bertz CT molecular complexity index is 1210. The van der Waals surface area contributed by atoms with Crippen LogP contribution >= 0.6 is 0 Å². The molecule has 2 amide bonds. The van der Waals surface area contributed by atoms with E-state index in [9.17, 15) is 19.9 Å². The first-order valence-corrected chi connectivity index (χ1v) is 12.4. The number of ether oxygens (including phenoxy) is 1. The number of hydrogen-bond acceptors (Lipinski definition) is 8. The van der Waals surface area contributed by atoms with Crippen LogP contribution in [-0.2, 0) is 22.5 Å². The largest absolute Gasteiger partial charge is 0.441 e. The highest BCUT2D eigenvalue weighted by Gasteiger charge is 2.46. The molecule has 1 fully saturated rings. The molecule has 1 aliphatic rings. The van der Waals surface area contributed by atoms with E-state index in [1.54, 1.807) is 25.1 Å². The van der Waals surface area contributed by atoms with Crippen molar-refractivity contribution in [1.82, 2.24) is 26.2 Å². The van der Waals surface area contributed by atoms with Crippen LogP contribution in [0.5, 0.6) is 0 Å². The summed E-state index contributed by atoms with van der Waals surface area (Å²) in [5, 5.41) is 24.9. The molecule has 0 saturated carbocycles. The number of hydrogen-bond donors (Lipinski definition) is 5. The van der Waals surface area contributed by atoms with Crippen LogP contribution in [0.25, 0.3) is 11.3 Å². The normalized spacial score (nSPS) is 17.9. The lowest BCUT2D eigenvalue weighted by Crippen LogP contribution is -2.57. The standard InChI is InChI=1S/C28H33N5O5/c1-28(2)25(30-27(36)38-28)26(35)31-33(18-24(34)23(32-37)16-19-8-4-3-5-9-19)17-20-11-13-21(14-12-20)22-10-6-7-15-29-22/h3-15,23-25,32,34,37H,16-18H2,1-2H3,(H,30,36)(H,31,35). The molecule has 10 heteroatoms. The molecule has 0 radical (unpaired) electrons. The molecule has 2 aromatic carbocycles. The van der Waals surface area contributed by atoms with Crippen LogP contribution in [-0.4, -0.2) is 62.6 Å². The van der Waals surface area contributed by atoms with Gasteiger partial charge in [0.1, 0.15) is 5.60 Å². The topological polar surface area (TPSA) is 136 Å². The lowest BCUT2D eigenvalue weighted by atomic mass is 9.99. The van der Waals surface area contributed by atoms with Crippen LogP contribution in [0.15, 0.2) is 79.0 Å². The first-order valence-electron chi connectivity index (χ1n) is 12.4. The molecule has 0 aliphatic carbocycles. The maximum atomic E-state index is 13.2. The summed E-state index contributed by atoms with van der Waals surface area (Å²) in [7, 11) is 0. The summed E-state index contributed by atoms with van der Waals surface area (Å²) in [5.41, 5.74) is 7.58. The molecule has 4 rings (SSSR count). The molecule has 3 unspecified atom stereocenters. The van der Waals surface area contributed by atoms with Gasteiger partial charge in [0, 0.05) is 24.8 Å². The van der Waals surface area contributed by atoms with Crippen molar-refractivity contribution in [1.29, 1.82) is 0 Å². The molecule has 3 atom stereocenters. The summed E-state index contributed by atoms with van der Waals surface area (Å²) in [5.74, 6) is -0.477. The zero-order valence-electron chi connectivity index (χ0n) is 21.4. The third-order valence-electron chi connectivity index (χ3n) is 6.47. The van der Waals surface area contributed by atoms with Gasteiger partial charge in [-0.25, -0.2) is 9.80 Å². The molecule has 2 heterocycles. The van der Waals surface area contributed by atoms with Crippen molar-refractivity contribution in [2.24, 2.45) is 0 Å². The summed E-state index contributed by atoms with van der Waals surface area (Å²) in [6.45, 7) is 3.56. The van der Waals surface area contributed by atoms with Gasteiger partial charge in [-0.2, -0.15) is 5.48 Å². The number of hydrazine groups is 1. The van der Waals surface area contributed by atoms with Crippen molar-refractivity contribution in [3.05, 3.63) is 90.1 Å². The van der Waals surface area contributed by atoms with E-state index in [0.717, 1.165) is 22.4 Å². The smallest absolute Gasteiger partial charge is 0.408 e. The van der Waals surface area contributed by atoms with E-state index in [2.05, 4.69) is 21.2 Å². The number of aromatic nitrogens is 1. The van der Waals surface area contributed by atoms with Crippen LogP contribution in [0.4, 0.5) is 4.79 Å². The average Bonchev–Trinajstić information content (AvgIpc) is 3.20. The Kier molecular flexibility index (Phi) is 8.70. The van der Waals surface area contributed by atoms with E-state index in [1.807, 2.05) is 72.8 Å². The lowest BCUT2D eigenvalue weighted by molar-refractivity contribution is -0.131. The van der Waals surface area contributed by atoms with Crippen LogP contribution in [0.1, 0.15) is 25.0 Å². The quantitative estimate of drug-likeness (QED) is 0.244. The Morgan fingerprint density at radius 1 is 1.08 bits per heavy atom. The van der Waals surface area contributed by atoms with E-state index >= 15 is 0 Å². The molecule has 10 nitrogen and oxygen atoms in total. The molecular formula is C28H33N5O5. The number of cyclic esters (lactones) is 1. The first kappa shape index (κ1) is 27.2. The second kappa shape index (κ2) is 12.1. The molecule has 0 spiro atoms. The molecule has 0 bridgehead atoms. The Hall–Kier alpha value is -3.83. The van der Waals surface area contributed by atoms with Gasteiger partial charge >= 0.3 is 6.09 Å². The third-order valence-corrected chi connectivity index (χ3v) is 6.47. The number of aliphatic hydroxyl groups excluding tert-OH is 1. The fourth-order valence-electron chi connectivity index (χ4n) is 4.39. The van der Waals surface area contributed by atoms with E-state index < -0.39 is 35.8 Å². The Balaban J connectivity index is 1.50. The van der Waals surface area contributed by atoms with Crippen molar-refractivity contribution in [3.63, 3.8) is 0 Å². The van der Waals surface area contributed by atoms with E-state index in [0.29, 0.717) is 6.42 Å². The predicted octanol–water partition coefficient (Wildman–Crippen LogP) is 2.42. The molecule has 1 aromatic heterocycles. The molecule has 1 aliphatic heterocycles.